The van der Waals surface area contributed by atoms with Gasteiger partial charge in [-0.2, -0.15) is 0 Å². The number of ether oxygens (including phenoxy) is 1. The highest BCUT2D eigenvalue weighted by molar-refractivity contribution is 5.73. The molecule has 1 aliphatic rings. The van der Waals surface area contributed by atoms with E-state index in [0.29, 0.717) is 0 Å². The molecule has 1 aliphatic heterocycles. The highest BCUT2D eigenvalue weighted by Crippen LogP contribution is 2.28. The van der Waals surface area contributed by atoms with E-state index >= 15 is 0 Å². The van der Waals surface area contributed by atoms with Gasteiger partial charge >= 0.3 is 0 Å². The summed E-state index contributed by atoms with van der Waals surface area (Å²) in [4.78, 5) is 10.8. The number of nitrogens with one attached hydrogen (secondary N) is 1. The van der Waals surface area contributed by atoms with Crippen LogP contribution in [-0.2, 0) is 9.53 Å². The zero-order valence-electron chi connectivity index (χ0n) is 9.12. The fraction of sp³-hybridized carbons (Fsp3) is 0.889. The van der Waals surface area contributed by atoms with Crippen LogP contribution in [0, 0.1) is 0 Å². The Morgan fingerprint density at radius 3 is 2.44 bits per heavy atom. The number of hydrogen-bond acceptors (Lipinski definition) is 6. The highest BCUT2D eigenvalue weighted by Gasteiger charge is 2.50. The predicted octanol–water partition coefficient (Wildman–Crippen LogP) is -2.69. The first-order valence-electron chi connectivity index (χ1n) is 4.92. The van der Waals surface area contributed by atoms with Gasteiger partial charge in [-0.25, -0.2) is 0 Å². The Morgan fingerprint density at radius 1 is 1.44 bits per heavy atom. The molecule has 94 valence electrons. The van der Waals surface area contributed by atoms with Crippen molar-refractivity contribution in [2.75, 3.05) is 6.61 Å². The molecule has 1 amide bonds. The third-order valence-electron chi connectivity index (χ3n) is 2.70. The van der Waals surface area contributed by atoms with Gasteiger partial charge in [-0.3, -0.25) is 4.79 Å². The van der Waals surface area contributed by atoms with Crippen LogP contribution >= 0.6 is 0 Å². The number of amides is 1. The Morgan fingerprint density at radius 2 is 2.00 bits per heavy atom. The van der Waals surface area contributed by atoms with Crippen molar-refractivity contribution in [1.29, 1.82) is 0 Å². The predicted molar refractivity (Wildman–Crippen MR) is 52.2 cm³/mol. The lowest BCUT2D eigenvalue weighted by Crippen LogP contribution is -2.68. The smallest absolute Gasteiger partial charge is 0.217 e. The number of rotatable bonds is 2. The number of carbonyl (C=O) groups excluding carboxylic acids is 1. The molecule has 1 heterocycles. The van der Waals surface area contributed by atoms with Gasteiger partial charge in [0.2, 0.25) is 5.91 Å². The first-order chi connectivity index (χ1) is 7.31. The zero-order chi connectivity index (χ0) is 12.5. The summed E-state index contributed by atoms with van der Waals surface area (Å²) in [6, 6.07) is -1.12. The number of aliphatic hydroxyl groups excluding tert-OH is 4. The number of hydrogen-bond donors (Lipinski definition) is 5. The Balaban J connectivity index is 2.83. The van der Waals surface area contributed by atoms with E-state index in [4.69, 9.17) is 9.84 Å². The summed E-state index contributed by atoms with van der Waals surface area (Å²) >= 11 is 0. The van der Waals surface area contributed by atoms with Crippen molar-refractivity contribution < 1.29 is 30.0 Å². The van der Waals surface area contributed by atoms with E-state index in [-0.39, 0.29) is 0 Å². The normalized spacial score (nSPS) is 44.1. The molecule has 0 unspecified atom stereocenters. The molecule has 7 nitrogen and oxygen atoms in total. The monoisotopic (exact) mass is 235 g/mol. The maximum Gasteiger partial charge on any atom is 0.217 e. The molecule has 0 aliphatic carbocycles. The van der Waals surface area contributed by atoms with Crippen molar-refractivity contribution in [1.82, 2.24) is 5.32 Å². The van der Waals surface area contributed by atoms with Gasteiger partial charge in [-0.1, -0.05) is 0 Å². The van der Waals surface area contributed by atoms with Crippen molar-refractivity contribution in [2.24, 2.45) is 0 Å². The topological polar surface area (TPSA) is 119 Å². The summed E-state index contributed by atoms with van der Waals surface area (Å²) in [5.74, 6) is -0.466. The fourth-order valence-electron chi connectivity index (χ4n) is 1.67. The molecule has 5 atom stereocenters. The summed E-state index contributed by atoms with van der Waals surface area (Å²) in [5.41, 5.74) is -1.45. The van der Waals surface area contributed by atoms with E-state index < -0.39 is 42.7 Å². The van der Waals surface area contributed by atoms with Crippen LogP contribution in [-0.4, -0.2) is 63.1 Å². The fourth-order valence-corrected chi connectivity index (χ4v) is 1.67. The van der Waals surface area contributed by atoms with Crippen molar-refractivity contribution in [2.45, 2.75) is 44.0 Å². The zero-order valence-corrected chi connectivity index (χ0v) is 9.12. The van der Waals surface area contributed by atoms with E-state index in [0.717, 1.165) is 0 Å². The molecular weight excluding hydrogens is 218 g/mol. The van der Waals surface area contributed by atoms with Crippen LogP contribution in [0.4, 0.5) is 0 Å². The van der Waals surface area contributed by atoms with E-state index in [9.17, 15) is 20.1 Å². The molecule has 0 saturated carbocycles. The molecule has 1 saturated heterocycles. The van der Waals surface area contributed by atoms with Crippen LogP contribution in [0.15, 0.2) is 0 Å². The van der Waals surface area contributed by atoms with E-state index in [2.05, 4.69) is 5.32 Å². The minimum Gasteiger partial charge on any atom is -0.393 e. The quantitative estimate of drug-likeness (QED) is 0.355. The largest absolute Gasteiger partial charge is 0.393 e. The van der Waals surface area contributed by atoms with Crippen LogP contribution in [0.3, 0.4) is 0 Å². The minimum atomic E-state index is -1.49. The molecule has 5 N–H and O–H groups in total. The Kier molecular flexibility index (Phi) is 3.87. The third kappa shape index (κ3) is 2.33. The SMILES string of the molecule is CC(=O)N[C@@H]1[C@@H](O)[C@@H](O)[C@@](C)(CO)O[C@@H]1O. The average molecular weight is 235 g/mol. The van der Waals surface area contributed by atoms with Crippen LogP contribution in [0.5, 0.6) is 0 Å². The molecule has 16 heavy (non-hydrogen) atoms. The maximum atomic E-state index is 10.8. The van der Waals surface area contributed by atoms with Gasteiger partial charge in [-0.15, -0.1) is 0 Å². The molecule has 0 bridgehead atoms. The second-order valence-corrected chi connectivity index (χ2v) is 4.14. The van der Waals surface area contributed by atoms with Gasteiger partial charge in [-0.05, 0) is 6.92 Å². The van der Waals surface area contributed by atoms with E-state index in [1.807, 2.05) is 0 Å². The van der Waals surface area contributed by atoms with Crippen molar-refractivity contribution in [3.05, 3.63) is 0 Å². The van der Waals surface area contributed by atoms with Gasteiger partial charge in [0, 0.05) is 6.92 Å². The lowest BCUT2D eigenvalue weighted by Gasteiger charge is -2.46. The number of aliphatic hydroxyl groups is 4. The van der Waals surface area contributed by atoms with Gasteiger partial charge < -0.3 is 30.5 Å². The molecular formula is C9H17NO6. The Bertz CT molecular complexity index is 273. The van der Waals surface area contributed by atoms with E-state index in [1.54, 1.807) is 0 Å². The van der Waals surface area contributed by atoms with Crippen molar-refractivity contribution in [3.63, 3.8) is 0 Å². The molecule has 1 rings (SSSR count). The molecule has 0 radical (unpaired) electrons. The molecule has 0 spiro atoms. The van der Waals surface area contributed by atoms with Crippen LogP contribution < -0.4 is 5.32 Å². The molecule has 7 heteroatoms. The van der Waals surface area contributed by atoms with Crippen molar-refractivity contribution in [3.8, 4) is 0 Å². The molecule has 1 fully saturated rings. The highest BCUT2D eigenvalue weighted by atomic mass is 16.6. The lowest BCUT2D eigenvalue weighted by molar-refractivity contribution is -0.294. The summed E-state index contributed by atoms with van der Waals surface area (Å²) in [6.45, 7) is 2.01. The Hall–Kier alpha value is -0.730. The first-order valence-corrected chi connectivity index (χ1v) is 4.92. The van der Waals surface area contributed by atoms with Crippen LogP contribution in [0.25, 0.3) is 0 Å². The Labute approximate surface area is 92.7 Å². The molecule has 0 aromatic heterocycles. The average Bonchev–Trinajstić information content (AvgIpc) is 2.21. The van der Waals surface area contributed by atoms with Gasteiger partial charge in [0.25, 0.3) is 0 Å². The van der Waals surface area contributed by atoms with Gasteiger partial charge in [0.05, 0.1) is 6.61 Å². The van der Waals surface area contributed by atoms with Crippen LogP contribution in [0.2, 0.25) is 0 Å². The lowest BCUT2D eigenvalue weighted by atomic mass is 9.87. The third-order valence-corrected chi connectivity index (χ3v) is 2.70. The summed E-state index contributed by atoms with van der Waals surface area (Å²) in [6.07, 6.45) is -4.30. The molecule has 0 aromatic rings. The van der Waals surface area contributed by atoms with E-state index in [1.165, 1.54) is 13.8 Å². The summed E-state index contributed by atoms with van der Waals surface area (Å²) in [7, 11) is 0. The summed E-state index contributed by atoms with van der Waals surface area (Å²) in [5, 5.41) is 40.3. The minimum absolute atomic E-state index is 0.466. The van der Waals surface area contributed by atoms with Crippen LogP contribution in [0.1, 0.15) is 13.8 Å². The maximum absolute atomic E-state index is 10.8. The van der Waals surface area contributed by atoms with Gasteiger partial charge in [0.1, 0.15) is 23.9 Å². The number of carbonyl (C=O) groups is 1. The second kappa shape index (κ2) is 4.64. The molecule has 0 aromatic carbocycles. The second-order valence-electron chi connectivity index (χ2n) is 4.14. The standard InChI is InChI=1S/C9H17NO6/c1-4(12)10-5-6(13)7(14)9(2,3-11)16-8(5)15/h5-8,11,13-15H,3H2,1-2H3,(H,10,12)/t5-,6-,7-,8+,9-/m1/s1. The first kappa shape index (κ1) is 13.3. The van der Waals surface area contributed by atoms with Gasteiger partial charge in [0.15, 0.2) is 6.29 Å². The van der Waals surface area contributed by atoms with Crippen molar-refractivity contribution >= 4 is 5.91 Å². The summed E-state index contributed by atoms with van der Waals surface area (Å²) < 4.78 is 5.00.